The number of hydrogen-bond acceptors (Lipinski definition) is 7. The highest BCUT2D eigenvalue weighted by atomic mass is 16.7. The van der Waals surface area contributed by atoms with E-state index >= 15 is 0 Å². The number of benzene rings is 3. The number of allylic oxidation sites excluding steroid dienone is 1. The Hall–Kier alpha value is -5.18. The van der Waals surface area contributed by atoms with Gasteiger partial charge in [0.1, 0.15) is 0 Å². The van der Waals surface area contributed by atoms with Crippen LogP contribution in [0.2, 0.25) is 0 Å². The summed E-state index contributed by atoms with van der Waals surface area (Å²) in [5.41, 5.74) is 10.7. The number of pyridine rings is 1. The molecule has 0 unspecified atom stereocenters. The van der Waals surface area contributed by atoms with E-state index in [1.165, 1.54) is 12.1 Å². The molecule has 40 heavy (non-hydrogen) atoms. The zero-order chi connectivity index (χ0) is 27.6. The summed E-state index contributed by atoms with van der Waals surface area (Å²) in [6, 6.07) is 19.3. The van der Waals surface area contributed by atoms with Crippen LogP contribution in [-0.4, -0.2) is 36.2 Å². The Kier molecular flexibility index (Phi) is 6.61. The smallest absolute Gasteiger partial charge is 0.339 e. The normalized spacial score (nSPS) is 14.6. The van der Waals surface area contributed by atoms with Gasteiger partial charge in [-0.25, -0.2) is 9.78 Å². The molecule has 1 aliphatic heterocycles. The molecule has 6 rings (SSSR count). The van der Waals surface area contributed by atoms with E-state index in [4.69, 9.17) is 24.9 Å². The van der Waals surface area contributed by atoms with Crippen LogP contribution in [0.3, 0.4) is 0 Å². The van der Waals surface area contributed by atoms with Crippen molar-refractivity contribution in [1.29, 1.82) is 0 Å². The summed E-state index contributed by atoms with van der Waals surface area (Å²) in [4.78, 5) is 42.2. The van der Waals surface area contributed by atoms with Gasteiger partial charge in [0, 0.05) is 16.6 Å². The zero-order valence-corrected chi connectivity index (χ0v) is 21.4. The third-order valence-corrected chi connectivity index (χ3v) is 6.90. The summed E-state index contributed by atoms with van der Waals surface area (Å²) in [5.74, 6) is -0.238. The Bertz CT molecular complexity index is 1690. The van der Waals surface area contributed by atoms with Gasteiger partial charge < -0.3 is 25.3 Å². The second-order valence-electron chi connectivity index (χ2n) is 9.53. The van der Waals surface area contributed by atoms with Crippen molar-refractivity contribution in [3.63, 3.8) is 0 Å². The van der Waals surface area contributed by atoms with Crippen LogP contribution in [0.5, 0.6) is 11.5 Å². The number of nitrogens with zero attached hydrogens (tertiary/aromatic N) is 1. The summed E-state index contributed by atoms with van der Waals surface area (Å²) >= 11 is 0. The number of amides is 2. The Morgan fingerprint density at radius 1 is 0.975 bits per heavy atom. The number of fused-ring (bicyclic) bond motifs is 3. The van der Waals surface area contributed by atoms with Crippen molar-refractivity contribution in [3.05, 3.63) is 94.7 Å². The average molecular weight is 536 g/mol. The number of aromatic nitrogens is 1. The monoisotopic (exact) mass is 535 g/mol. The summed E-state index contributed by atoms with van der Waals surface area (Å²) in [5, 5.41) is 3.34. The van der Waals surface area contributed by atoms with Crippen LogP contribution in [0.1, 0.15) is 50.4 Å². The van der Waals surface area contributed by atoms with Crippen molar-refractivity contribution in [1.82, 2.24) is 4.98 Å². The lowest BCUT2D eigenvalue weighted by Gasteiger charge is -2.22. The Morgan fingerprint density at radius 3 is 2.60 bits per heavy atom. The molecule has 2 amide bonds. The van der Waals surface area contributed by atoms with E-state index in [1.807, 2.05) is 42.5 Å². The van der Waals surface area contributed by atoms with Crippen molar-refractivity contribution >= 4 is 46.0 Å². The van der Waals surface area contributed by atoms with Crippen LogP contribution >= 0.6 is 0 Å². The minimum absolute atomic E-state index is 0.205. The Balaban J connectivity index is 1.27. The molecule has 2 heterocycles. The highest BCUT2D eigenvalue weighted by Gasteiger charge is 2.26. The molecule has 0 spiro atoms. The first kappa shape index (κ1) is 25.1. The second kappa shape index (κ2) is 10.5. The van der Waals surface area contributed by atoms with Gasteiger partial charge in [-0.15, -0.1) is 0 Å². The molecular weight excluding hydrogens is 510 g/mol. The molecule has 0 radical (unpaired) electrons. The first-order valence-electron chi connectivity index (χ1n) is 12.9. The minimum Gasteiger partial charge on any atom is -0.454 e. The number of carbonyl (C=O) groups is 3. The number of rotatable bonds is 6. The number of hydrogen-bond donors (Lipinski definition) is 2. The number of para-hydroxylation sites is 1. The standard InChI is InChI=1S/C31H25N3O6/c32-30(36)19-9-11-21(12-10-19)33-27(35)16-38-31(37)28-22-5-1-2-7-24(22)34-29-20(4-3-6-23(28)29)14-18-8-13-25-26(15-18)40-17-39-25/h1-2,5,7-15H,3-4,6,16-17H2,(H2,32,36)(H,33,35)/b20-14+. The molecule has 0 fully saturated rings. The van der Waals surface area contributed by atoms with Crippen molar-refractivity contribution in [2.24, 2.45) is 5.73 Å². The molecule has 3 aromatic carbocycles. The summed E-state index contributed by atoms with van der Waals surface area (Å²) < 4.78 is 16.4. The maximum atomic E-state index is 13.5. The lowest BCUT2D eigenvalue weighted by molar-refractivity contribution is -0.119. The summed E-state index contributed by atoms with van der Waals surface area (Å²) in [6.07, 6.45) is 4.37. The molecule has 4 aromatic rings. The lowest BCUT2D eigenvalue weighted by Crippen LogP contribution is -2.22. The van der Waals surface area contributed by atoms with E-state index in [9.17, 15) is 14.4 Å². The van der Waals surface area contributed by atoms with Crippen LogP contribution < -0.4 is 20.5 Å². The third kappa shape index (κ3) is 4.96. The topological polar surface area (TPSA) is 130 Å². The molecule has 3 N–H and O–H groups in total. The van der Waals surface area contributed by atoms with Crippen molar-refractivity contribution in [2.45, 2.75) is 19.3 Å². The maximum Gasteiger partial charge on any atom is 0.339 e. The van der Waals surface area contributed by atoms with Gasteiger partial charge in [0.25, 0.3) is 5.91 Å². The summed E-state index contributed by atoms with van der Waals surface area (Å²) in [7, 11) is 0. The van der Waals surface area contributed by atoms with Gasteiger partial charge in [-0.2, -0.15) is 0 Å². The van der Waals surface area contributed by atoms with E-state index in [0.717, 1.165) is 35.2 Å². The highest BCUT2D eigenvalue weighted by molar-refractivity contribution is 6.07. The molecule has 0 bridgehead atoms. The molecular formula is C31H25N3O6. The average Bonchev–Trinajstić information content (AvgIpc) is 3.43. The maximum absolute atomic E-state index is 13.5. The number of nitrogens with one attached hydrogen (secondary N) is 1. The molecule has 9 nitrogen and oxygen atoms in total. The fourth-order valence-corrected chi connectivity index (χ4v) is 5.03. The number of esters is 1. The van der Waals surface area contributed by atoms with Gasteiger partial charge in [0.2, 0.25) is 12.7 Å². The van der Waals surface area contributed by atoms with E-state index in [2.05, 4.69) is 11.4 Å². The highest BCUT2D eigenvalue weighted by Crippen LogP contribution is 2.38. The van der Waals surface area contributed by atoms with E-state index < -0.39 is 24.4 Å². The lowest BCUT2D eigenvalue weighted by atomic mass is 9.86. The molecule has 200 valence electrons. The van der Waals surface area contributed by atoms with Crippen LogP contribution in [0, 0.1) is 0 Å². The van der Waals surface area contributed by atoms with Crippen LogP contribution in [0.25, 0.3) is 22.6 Å². The fraction of sp³-hybridized carbons (Fsp3) is 0.161. The van der Waals surface area contributed by atoms with Gasteiger partial charge in [0.05, 0.1) is 16.8 Å². The predicted molar refractivity (Wildman–Crippen MR) is 149 cm³/mol. The quantitative estimate of drug-likeness (QED) is 0.341. The third-order valence-electron chi connectivity index (χ3n) is 6.90. The van der Waals surface area contributed by atoms with Gasteiger partial charge in [-0.3, -0.25) is 9.59 Å². The molecule has 1 aliphatic carbocycles. The van der Waals surface area contributed by atoms with Crippen molar-refractivity contribution in [3.8, 4) is 11.5 Å². The minimum atomic E-state index is -0.585. The van der Waals surface area contributed by atoms with E-state index in [-0.39, 0.29) is 6.79 Å². The van der Waals surface area contributed by atoms with Crippen molar-refractivity contribution < 1.29 is 28.6 Å². The van der Waals surface area contributed by atoms with E-state index in [0.29, 0.717) is 45.6 Å². The van der Waals surface area contributed by atoms with Gasteiger partial charge >= 0.3 is 5.97 Å². The van der Waals surface area contributed by atoms with E-state index in [1.54, 1.807) is 12.1 Å². The fourth-order valence-electron chi connectivity index (χ4n) is 5.03. The molecule has 1 aromatic heterocycles. The summed E-state index contributed by atoms with van der Waals surface area (Å²) in [6.45, 7) is -0.265. The number of primary amides is 1. The molecule has 0 saturated carbocycles. The number of anilines is 1. The van der Waals surface area contributed by atoms with Gasteiger partial charge in [-0.1, -0.05) is 24.3 Å². The van der Waals surface area contributed by atoms with Crippen molar-refractivity contribution in [2.75, 3.05) is 18.7 Å². The number of ether oxygens (including phenoxy) is 3. The molecule has 0 atom stereocenters. The van der Waals surface area contributed by atoms with Crippen LogP contribution in [-0.2, 0) is 16.0 Å². The predicted octanol–water partition coefficient (Wildman–Crippen LogP) is 4.73. The Labute approximate surface area is 229 Å². The van der Waals surface area contributed by atoms with Crippen LogP contribution in [0.4, 0.5) is 5.69 Å². The Morgan fingerprint density at radius 2 is 1.77 bits per heavy atom. The second-order valence-corrected chi connectivity index (χ2v) is 9.53. The first-order valence-corrected chi connectivity index (χ1v) is 12.9. The molecule has 9 heteroatoms. The first-order chi connectivity index (χ1) is 19.5. The SMILES string of the molecule is NC(=O)c1ccc(NC(=O)COC(=O)c2c3c(nc4ccccc24)/C(=C/c2ccc4c(c2)OCO4)CCC3)cc1. The number of nitrogens with two attached hydrogens (primary N) is 1. The van der Waals surface area contributed by atoms with Crippen LogP contribution in [0.15, 0.2) is 66.7 Å². The largest absolute Gasteiger partial charge is 0.454 e. The number of carbonyl (C=O) groups excluding carboxylic acids is 3. The van der Waals surface area contributed by atoms with Gasteiger partial charge in [0.15, 0.2) is 18.1 Å². The molecule has 0 saturated heterocycles. The molecule has 2 aliphatic rings. The zero-order valence-electron chi connectivity index (χ0n) is 21.4. The van der Waals surface area contributed by atoms with Gasteiger partial charge in [-0.05, 0) is 84.5 Å².